The van der Waals surface area contributed by atoms with Gasteiger partial charge in [-0.15, -0.1) is 0 Å². The maximum absolute atomic E-state index is 12.7. The molecule has 0 bridgehead atoms. The van der Waals surface area contributed by atoms with Gasteiger partial charge in [0.05, 0.1) is 11.3 Å². The summed E-state index contributed by atoms with van der Waals surface area (Å²) < 4.78 is 0. The van der Waals surface area contributed by atoms with Crippen molar-refractivity contribution in [3.63, 3.8) is 0 Å². The summed E-state index contributed by atoms with van der Waals surface area (Å²) >= 11 is 2.03. The number of hydrogen-bond donors (Lipinski definition) is 1. The molecule has 0 spiro atoms. The number of hydrogen-bond acceptors (Lipinski definition) is 4. The lowest BCUT2D eigenvalue weighted by atomic mass is 9.91. The molecule has 2 fully saturated rings. The number of rotatable bonds is 4. The van der Waals surface area contributed by atoms with E-state index in [-0.39, 0.29) is 11.4 Å². The Morgan fingerprint density at radius 1 is 1.21 bits per heavy atom. The second-order valence-corrected chi connectivity index (χ2v) is 7.90. The summed E-state index contributed by atoms with van der Waals surface area (Å²) in [6, 6.07) is 7.64. The molecule has 1 saturated carbocycles. The van der Waals surface area contributed by atoms with Crippen LogP contribution in [-0.2, 0) is 0 Å². The normalized spacial score (nSPS) is 19.7. The first-order chi connectivity index (χ1) is 11.8. The summed E-state index contributed by atoms with van der Waals surface area (Å²) in [7, 11) is 0. The number of carbonyl (C=O) groups excluding carboxylic acids is 1. The molecule has 1 amide bonds. The summed E-state index contributed by atoms with van der Waals surface area (Å²) in [5.41, 5.74) is 2.38. The fourth-order valence-corrected chi connectivity index (χ4v) is 4.66. The quantitative estimate of drug-likeness (QED) is 0.925. The highest BCUT2D eigenvalue weighted by atomic mass is 32.2. The maximum Gasteiger partial charge on any atom is 0.253 e. The highest BCUT2D eigenvalue weighted by Gasteiger charge is 2.50. The molecule has 3 heterocycles. The molecule has 0 atom stereocenters. The summed E-state index contributed by atoms with van der Waals surface area (Å²) in [6.45, 7) is 0. The predicted molar refractivity (Wildman–Crippen MR) is 96.9 cm³/mol. The molecule has 5 heteroatoms. The van der Waals surface area contributed by atoms with E-state index >= 15 is 0 Å². The first-order valence-electron chi connectivity index (χ1n) is 8.54. The zero-order valence-electron chi connectivity index (χ0n) is 13.6. The van der Waals surface area contributed by atoms with Gasteiger partial charge in [-0.05, 0) is 61.3 Å². The Hall–Kier alpha value is -1.88. The van der Waals surface area contributed by atoms with Crippen molar-refractivity contribution in [3.05, 3.63) is 48.4 Å². The fourth-order valence-electron chi connectivity index (χ4n) is 3.56. The van der Waals surface area contributed by atoms with Crippen molar-refractivity contribution in [1.82, 2.24) is 15.3 Å². The van der Waals surface area contributed by atoms with Crippen LogP contribution < -0.4 is 5.32 Å². The molecule has 1 saturated heterocycles. The van der Waals surface area contributed by atoms with E-state index in [1.807, 2.05) is 36.0 Å². The molecule has 124 valence electrons. The molecule has 24 heavy (non-hydrogen) atoms. The van der Waals surface area contributed by atoms with Gasteiger partial charge in [0, 0.05) is 29.7 Å². The molecular formula is C19H21N3OS. The van der Waals surface area contributed by atoms with Crippen LogP contribution in [-0.4, -0.2) is 32.9 Å². The van der Waals surface area contributed by atoms with Crippen molar-refractivity contribution in [1.29, 1.82) is 0 Å². The largest absolute Gasteiger partial charge is 0.346 e. The van der Waals surface area contributed by atoms with Crippen molar-refractivity contribution in [3.8, 4) is 11.3 Å². The Labute approximate surface area is 146 Å². The zero-order chi connectivity index (χ0) is 16.4. The average Bonchev–Trinajstić information content (AvgIpc) is 3.44. The zero-order valence-corrected chi connectivity index (χ0v) is 14.4. The number of nitrogens with one attached hydrogen (secondary N) is 1. The third-order valence-corrected chi connectivity index (χ3v) is 6.16. The molecule has 1 aliphatic heterocycles. The van der Waals surface area contributed by atoms with Gasteiger partial charge in [0.1, 0.15) is 0 Å². The molecule has 2 aliphatic rings. The SMILES string of the molecule is O=C(NC1(C2CCSCC2)CC1)c1cncc(-c2ccccn2)c1. The van der Waals surface area contributed by atoms with E-state index in [4.69, 9.17) is 0 Å². The van der Waals surface area contributed by atoms with Gasteiger partial charge in [0.2, 0.25) is 0 Å². The standard InChI is InChI=1S/C19H21N3OS/c23-18(22-19(6-7-19)16-4-9-24-10-5-16)15-11-14(12-20-13-15)17-3-1-2-8-21-17/h1-3,8,11-13,16H,4-7,9-10H2,(H,22,23). The summed E-state index contributed by atoms with van der Waals surface area (Å²) in [6.07, 6.45) is 9.82. The van der Waals surface area contributed by atoms with Gasteiger partial charge >= 0.3 is 0 Å². The highest BCUT2D eigenvalue weighted by molar-refractivity contribution is 7.99. The molecule has 4 nitrogen and oxygen atoms in total. The van der Waals surface area contributed by atoms with Gasteiger partial charge in [-0.1, -0.05) is 6.07 Å². The van der Waals surface area contributed by atoms with Gasteiger partial charge < -0.3 is 5.32 Å². The lowest BCUT2D eigenvalue weighted by Crippen LogP contribution is -2.43. The van der Waals surface area contributed by atoms with Crippen LogP contribution in [0.3, 0.4) is 0 Å². The van der Waals surface area contributed by atoms with E-state index in [1.165, 1.54) is 24.3 Å². The molecule has 2 aromatic rings. The molecule has 2 aromatic heterocycles. The molecule has 1 aliphatic carbocycles. The third kappa shape index (κ3) is 3.18. The van der Waals surface area contributed by atoms with Gasteiger partial charge in [-0.2, -0.15) is 11.8 Å². The smallest absolute Gasteiger partial charge is 0.253 e. The lowest BCUT2D eigenvalue weighted by Gasteiger charge is -2.31. The number of thioether (sulfide) groups is 1. The first-order valence-corrected chi connectivity index (χ1v) is 9.69. The minimum atomic E-state index is -0.00370. The van der Waals surface area contributed by atoms with E-state index in [9.17, 15) is 4.79 Å². The van der Waals surface area contributed by atoms with Gasteiger partial charge in [-0.3, -0.25) is 14.8 Å². The van der Waals surface area contributed by atoms with Crippen LogP contribution >= 0.6 is 11.8 Å². The monoisotopic (exact) mass is 339 g/mol. The number of amides is 1. The van der Waals surface area contributed by atoms with E-state index in [1.54, 1.807) is 18.6 Å². The topological polar surface area (TPSA) is 54.9 Å². The molecule has 0 aromatic carbocycles. The highest BCUT2D eigenvalue weighted by Crippen LogP contribution is 2.47. The molecule has 0 unspecified atom stereocenters. The molecule has 0 radical (unpaired) electrons. The van der Waals surface area contributed by atoms with Crippen molar-refractivity contribution in [2.75, 3.05) is 11.5 Å². The van der Waals surface area contributed by atoms with Crippen molar-refractivity contribution in [2.24, 2.45) is 5.92 Å². The molecular weight excluding hydrogens is 318 g/mol. The van der Waals surface area contributed by atoms with Gasteiger partial charge in [0.15, 0.2) is 0 Å². The Kier molecular flexibility index (Phi) is 4.27. The van der Waals surface area contributed by atoms with Crippen LogP contribution in [0.15, 0.2) is 42.9 Å². The Bertz CT molecular complexity index is 724. The Morgan fingerprint density at radius 2 is 2.04 bits per heavy atom. The number of carbonyl (C=O) groups is 1. The van der Waals surface area contributed by atoms with Crippen molar-refractivity contribution >= 4 is 17.7 Å². The van der Waals surface area contributed by atoms with Crippen LogP contribution in [0.5, 0.6) is 0 Å². The predicted octanol–water partition coefficient (Wildman–Crippen LogP) is 3.55. The number of pyridine rings is 2. The van der Waals surface area contributed by atoms with Crippen molar-refractivity contribution in [2.45, 2.75) is 31.2 Å². The Balaban J connectivity index is 1.51. The maximum atomic E-state index is 12.7. The van der Waals surface area contributed by atoms with Crippen molar-refractivity contribution < 1.29 is 4.79 Å². The summed E-state index contributed by atoms with van der Waals surface area (Å²) in [5, 5.41) is 3.32. The number of aromatic nitrogens is 2. The first kappa shape index (κ1) is 15.6. The minimum absolute atomic E-state index is 0.00370. The summed E-state index contributed by atoms with van der Waals surface area (Å²) in [4.78, 5) is 21.3. The van der Waals surface area contributed by atoms with Crippen LogP contribution in [0.25, 0.3) is 11.3 Å². The van der Waals surface area contributed by atoms with E-state index in [2.05, 4.69) is 15.3 Å². The van der Waals surface area contributed by atoms with E-state index in [0.717, 1.165) is 24.1 Å². The molecule has 4 rings (SSSR count). The van der Waals surface area contributed by atoms with Crippen LogP contribution in [0.1, 0.15) is 36.0 Å². The van der Waals surface area contributed by atoms with Crippen LogP contribution in [0, 0.1) is 5.92 Å². The Morgan fingerprint density at radius 3 is 2.75 bits per heavy atom. The minimum Gasteiger partial charge on any atom is -0.346 e. The fraction of sp³-hybridized carbons (Fsp3) is 0.421. The third-order valence-electron chi connectivity index (χ3n) is 5.12. The van der Waals surface area contributed by atoms with E-state index < -0.39 is 0 Å². The van der Waals surface area contributed by atoms with Crippen LogP contribution in [0.2, 0.25) is 0 Å². The van der Waals surface area contributed by atoms with Crippen LogP contribution in [0.4, 0.5) is 0 Å². The van der Waals surface area contributed by atoms with Gasteiger partial charge in [0.25, 0.3) is 5.91 Å². The average molecular weight is 339 g/mol. The second kappa shape index (κ2) is 6.55. The van der Waals surface area contributed by atoms with Gasteiger partial charge in [-0.25, -0.2) is 0 Å². The molecule has 1 N–H and O–H groups in total. The summed E-state index contributed by atoms with van der Waals surface area (Å²) in [5.74, 6) is 3.07. The lowest BCUT2D eigenvalue weighted by molar-refractivity contribution is 0.0910. The number of nitrogens with zero attached hydrogens (tertiary/aromatic N) is 2. The van der Waals surface area contributed by atoms with E-state index in [0.29, 0.717) is 11.5 Å². The second-order valence-electron chi connectivity index (χ2n) is 6.67.